The van der Waals surface area contributed by atoms with Crippen molar-refractivity contribution in [1.82, 2.24) is 4.90 Å². The molecule has 3 nitrogen and oxygen atoms in total. The lowest BCUT2D eigenvalue weighted by Crippen LogP contribution is -2.44. The number of ether oxygens (including phenoxy) is 1. The van der Waals surface area contributed by atoms with Crippen LogP contribution in [-0.2, 0) is 9.53 Å². The zero-order valence-corrected chi connectivity index (χ0v) is 7.88. The fraction of sp³-hybridized carbons (Fsp3) is 0.889. The van der Waals surface area contributed by atoms with Gasteiger partial charge in [-0.2, -0.15) is 0 Å². The highest BCUT2D eigenvalue weighted by Gasteiger charge is 2.19. The number of nitrogens with zero attached hydrogens (tertiary/aromatic N) is 1. The molecule has 1 aliphatic rings. The second-order valence-electron chi connectivity index (χ2n) is 3.27. The fourth-order valence-electron chi connectivity index (χ4n) is 1.42. The Bertz CT molecular complexity index is 159. The third-order valence-corrected chi connectivity index (χ3v) is 2.06. The fourth-order valence-corrected chi connectivity index (χ4v) is 1.42. The topological polar surface area (TPSA) is 29.5 Å². The molecule has 1 heterocycles. The molecule has 0 saturated carbocycles. The summed E-state index contributed by atoms with van der Waals surface area (Å²) < 4.78 is 5.34. The highest BCUT2D eigenvalue weighted by Crippen LogP contribution is 2.06. The summed E-state index contributed by atoms with van der Waals surface area (Å²) in [5, 5.41) is 0. The largest absolute Gasteiger partial charge is 0.375 e. The van der Waals surface area contributed by atoms with Crippen LogP contribution in [0.15, 0.2) is 0 Å². The monoisotopic (exact) mass is 171 g/mol. The summed E-state index contributed by atoms with van der Waals surface area (Å²) in [4.78, 5) is 13.3. The lowest BCUT2D eigenvalue weighted by molar-refractivity contribution is -0.138. The molecule has 0 radical (unpaired) electrons. The van der Waals surface area contributed by atoms with Gasteiger partial charge in [0.05, 0.1) is 12.7 Å². The quantitative estimate of drug-likeness (QED) is 0.621. The molecule has 0 aliphatic carbocycles. The maximum atomic E-state index is 11.4. The van der Waals surface area contributed by atoms with Gasteiger partial charge < -0.3 is 9.64 Å². The molecule has 0 aromatic carbocycles. The van der Waals surface area contributed by atoms with E-state index in [0.29, 0.717) is 13.0 Å². The van der Waals surface area contributed by atoms with Crippen LogP contribution < -0.4 is 0 Å². The van der Waals surface area contributed by atoms with Crippen molar-refractivity contribution in [2.45, 2.75) is 32.8 Å². The van der Waals surface area contributed by atoms with E-state index in [9.17, 15) is 4.79 Å². The maximum absolute atomic E-state index is 11.4. The summed E-state index contributed by atoms with van der Waals surface area (Å²) in [5.74, 6) is 0.271. The molecule has 1 unspecified atom stereocenters. The second kappa shape index (κ2) is 4.45. The first-order chi connectivity index (χ1) is 5.74. The van der Waals surface area contributed by atoms with Gasteiger partial charge in [0.15, 0.2) is 0 Å². The van der Waals surface area contributed by atoms with Crippen LogP contribution in [0.1, 0.15) is 26.7 Å². The zero-order chi connectivity index (χ0) is 8.97. The molecular formula is C9H17NO2. The van der Waals surface area contributed by atoms with E-state index in [0.717, 1.165) is 19.5 Å². The van der Waals surface area contributed by atoms with E-state index in [1.165, 1.54) is 0 Å². The third-order valence-electron chi connectivity index (χ3n) is 2.06. The molecule has 0 spiro atoms. The summed E-state index contributed by atoms with van der Waals surface area (Å²) in [6, 6.07) is 0. The van der Waals surface area contributed by atoms with Crippen molar-refractivity contribution in [3.63, 3.8) is 0 Å². The van der Waals surface area contributed by atoms with Crippen LogP contribution in [-0.4, -0.2) is 36.6 Å². The van der Waals surface area contributed by atoms with Crippen molar-refractivity contribution in [1.29, 1.82) is 0 Å². The van der Waals surface area contributed by atoms with Crippen molar-refractivity contribution in [3.05, 3.63) is 0 Å². The van der Waals surface area contributed by atoms with Crippen LogP contribution in [0.3, 0.4) is 0 Å². The molecular weight excluding hydrogens is 154 g/mol. The van der Waals surface area contributed by atoms with Crippen molar-refractivity contribution in [2.75, 3.05) is 19.7 Å². The molecule has 1 fully saturated rings. The van der Waals surface area contributed by atoms with Gasteiger partial charge in [-0.15, -0.1) is 0 Å². The third kappa shape index (κ3) is 2.48. The van der Waals surface area contributed by atoms with E-state index in [4.69, 9.17) is 4.74 Å². The lowest BCUT2D eigenvalue weighted by Gasteiger charge is -2.31. The Hall–Kier alpha value is -0.570. The smallest absolute Gasteiger partial charge is 0.222 e. The first-order valence-corrected chi connectivity index (χ1v) is 4.63. The highest BCUT2D eigenvalue weighted by molar-refractivity contribution is 5.76. The molecule has 0 bridgehead atoms. The number of amides is 1. The minimum Gasteiger partial charge on any atom is -0.375 e. The van der Waals surface area contributed by atoms with Gasteiger partial charge in [-0.25, -0.2) is 0 Å². The Balaban J connectivity index is 2.35. The number of carbonyl (C=O) groups is 1. The van der Waals surface area contributed by atoms with Crippen LogP contribution in [0.25, 0.3) is 0 Å². The first-order valence-electron chi connectivity index (χ1n) is 4.63. The maximum Gasteiger partial charge on any atom is 0.222 e. The van der Waals surface area contributed by atoms with Gasteiger partial charge in [0, 0.05) is 19.5 Å². The first kappa shape index (κ1) is 9.52. The minimum atomic E-state index is 0.208. The Kier molecular flexibility index (Phi) is 3.53. The number of rotatable bonds is 2. The van der Waals surface area contributed by atoms with Crippen molar-refractivity contribution in [3.8, 4) is 0 Å². The lowest BCUT2D eigenvalue weighted by atomic mass is 10.2. The van der Waals surface area contributed by atoms with Crippen molar-refractivity contribution >= 4 is 5.91 Å². The van der Waals surface area contributed by atoms with E-state index in [2.05, 4.69) is 0 Å². The van der Waals surface area contributed by atoms with E-state index >= 15 is 0 Å². The van der Waals surface area contributed by atoms with Gasteiger partial charge in [0.25, 0.3) is 0 Å². The van der Waals surface area contributed by atoms with E-state index in [1.807, 2.05) is 18.7 Å². The van der Waals surface area contributed by atoms with E-state index < -0.39 is 0 Å². The highest BCUT2D eigenvalue weighted by atomic mass is 16.5. The van der Waals surface area contributed by atoms with Gasteiger partial charge >= 0.3 is 0 Å². The van der Waals surface area contributed by atoms with Crippen molar-refractivity contribution in [2.24, 2.45) is 0 Å². The number of hydrogen-bond acceptors (Lipinski definition) is 2. The summed E-state index contributed by atoms with van der Waals surface area (Å²) in [5.41, 5.74) is 0. The van der Waals surface area contributed by atoms with Gasteiger partial charge in [0.2, 0.25) is 5.91 Å². The number of carbonyl (C=O) groups excluding carboxylic acids is 1. The van der Waals surface area contributed by atoms with Crippen LogP contribution in [0, 0.1) is 0 Å². The number of hydrogen-bond donors (Lipinski definition) is 0. The molecule has 70 valence electrons. The molecule has 12 heavy (non-hydrogen) atoms. The molecule has 0 N–H and O–H groups in total. The predicted molar refractivity (Wildman–Crippen MR) is 46.9 cm³/mol. The predicted octanol–water partition coefficient (Wildman–Crippen LogP) is 1.03. The Morgan fingerprint density at radius 2 is 2.42 bits per heavy atom. The standard InChI is InChI=1S/C9H17NO2/c1-3-4-9(11)10-5-6-12-8(2)7-10/h8H,3-7H2,1-2H3. The normalized spacial score (nSPS) is 24.2. The molecule has 1 atom stereocenters. The molecule has 3 heteroatoms. The summed E-state index contributed by atoms with van der Waals surface area (Å²) in [6.45, 7) is 6.26. The Morgan fingerprint density at radius 1 is 1.67 bits per heavy atom. The minimum absolute atomic E-state index is 0.208. The molecule has 0 aromatic heterocycles. The Morgan fingerprint density at radius 3 is 3.00 bits per heavy atom. The molecule has 1 saturated heterocycles. The van der Waals surface area contributed by atoms with Gasteiger partial charge in [-0.05, 0) is 13.3 Å². The van der Waals surface area contributed by atoms with Crippen LogP contribution in [0.5, 0.6) is 0 Å². The Labute approximate surface area is 73.7 Å². The van der Waals surface area contributed by atoms with Crippen LogP contribution in [0.4, 0.5) is 0 Å². The van der Waals surface area contributed by atoms with Crippen LogP contribution in [0.2, 0.25) is 0 Å². The van der Waals surface area contributed by atoms with E-state index in [-0.39, 0.29) is 12.0 Å². The molecule has 1 aliphatic heterocycles. The average molecular weight is 171 g/mol. The van der Waals surface area contributed by atoms with E-state index in [1.54, 1.807) is 0 Å². The molecule has 1 amide bonds. The van der Waals surface area contributed by atoms with Crippen LogP contribution >= 0.6 is 0 Å². The van der Waals surface area contributed by atoms with Crippen molar-refractivity contribution < 1.29 is 9.53 Å². The van der Waals surface area contributed by atoms with Gasteiger partial charge in [-0.1, -0.05) is 6.92 Å². The summed E-state index contributed by atoms with van der Waals surface area (Å²) >= 11 is 0. The second-order valence-corrected chi connectivity index (χ2v) is 3.27. The summed E-state index contributed by atoms with van der Waals surface area (Å²) in [6.07, 6.45) is 1.82. The molecule has 0 aromatic rings. The van der Waals surface area contributed by atoms with Gasteiger partial charge in [0.1, 0.15) is 0 Å². The molecule has 1 rings (SSSR count). The summed E-state index contributed by atoms with van der Waals surface area (Å²) in [7, 11) is 0. The SMILES string of the molecule is CCCC(=O)N1CCOC(C)C1. The zero-order valence-electron chi connectivity index (χ0n) is 7.88. The average Bonchev–Trinajstić information content (AvgIpc) is 2.05. The number of morpholine rings is 1. The van der Waals surface area contributed by atoms with Gasteiger partial charge in [-0.3, -0.25) is 4.79 Å².